The van der Waals surface area contributed by atoms with Gasteiger partial charge in [-0.2, -0.15) is 0 Å². The third-order valence-electron chi connectivity index (χ3n) is 7.10. The summed E-state index contributed by atoms with van der Waals surface area (Å²) in [7, 11) is 0. The molecule has 8 heteroatoms. The van der Waals surface area contributed by atoms with E-state index in [1.807, 2.05) is 23.9 Å². The van der Waals surface area contributed by atoms with Crippen LogP contribution in [-0.2, 0) is 16.1 Å². The van der Waals surface area contributed by atoms with E-state index in [0.29, 0.717) is 18.5 Å². The van der Waals surface area contributed by atoms with Gasteiger partial charge in [0.25, 0.3) is 5.91 Å². The van der Waals surface area contributed by atoms with Crippen LogP contribution in [0.3, 0.4) is 0 Å². The average molecular weight is 487 g/mol. The summed E-state index contributed by atoms with van der Waals surface area (Å²) in [4.78, 5) is 42.1. The quantitative estimate of drug-likeness (QED) is 0.284. The van der Waals surface area contributed by atoms with Crippen molar-refractivity contribution in [3.63, 3.8) is 0 Å². The number of piperidine rings is 1. The molecule has 2 saturated heterocycles. The fraction of sp³-hybridized carbons (Fsp3) is 0.654. The lowest BCUT2D eigenvalue weighted by atomic mass is 10.0. The summed E-state index contributed by atoms with van der Waals surface area (Å²) >= 11 is 1.82. The van der Waals surface area contributed by atoms with Crippen LogP contribution in [0.4, 0.5) is 0 Å². The van der Waals surface area contributed by atoms with E-state index in [1.54, 1.807) is 4.90 Å². The molecule has 0 spiro atoms. The summed E-state index contributed by atoms with van der Waals surface area (Å²) in [6.07, 6.45) is 9.61. The van der Waals surface area contributed by atoms with E-state index in [0.717, 1.165) is 29.3 Å². The first-order valence-corrected chi connectivity index (χ1v) is 13.9. The van der Waals surface area contributed by atoms with Crippen LogP contribution in [0.1, 0.15) is 73.7 Å². The van der Waals surface area contributed by atoms with Gasteiger partial charge in [-0.25, -0.2) is 0 Å². The molecule has 1 aromatic rings. The van der Waals surface area contributed by atoms with Crippen LogP contribution < -0.4 is 10.6 Å². The zero-order valence-corrected chi connectivity index (χ0v) is 21.0. The maximum Gasteiger partial charge on any atom is 0.255 e. The van der Waals surface area contributed by atoms with E-state index in [9.17, 15) is 14.4 Å². The van der Waals surface area contributed by atoms with Gasteiger partial charge in [0.1, 0.15) is 6.04 Å². The van der Waals surface area contributed by atoms with Crippen LogP contribution in [0.5, 0.6) is 0 Å². The van der Waals surface area contributed by atoms with E-state index in [1.165, 1.54) is 64.6 Å². The molecule has 1 atom stereocenters. The Morgan fingerprint density at radius 1 is 0.971 bits per heavy atom. The average Bonchev–Trinajstić information content (AvgIpc) is 2.99. The van der Waals surface area contributed by atoms with Crippen LogP contribution in [0, 0.1) is 0 Å². The molecular weight excluding hydrogens is 448 g/mol. The van der Waals surface area contributed by atoms with Crippen molar-refractivity contribution in [3.8, 4) is 0 Å². The van der Waals surface area contributed by atoms with Gasteiger partial charge in [0.15, 0.2) is 0 Å². The second kappa shape index (κ2) is 12.7. The lowest BCUT2D eigenvalue weighted by molar-refractivity contribution is -0.136. The number of fused-ring (bicyclic) bond motifs is 1. The highest BCUT2D eigenvalue weighted by Crippen LogP contribution is 2.34. The number of carbonyl (C=O) groups is 3. The number of rotatable bonds is 11. The zero-order valence-electron chi connectivity index (χ0n) is 20.2. The molecule has 0 aromatic heterocycles. The van der Waals surface area contributed by atoms with Gasteiger partial charge in [0.2, 0.25) is 11.8 Å². The molecule has 0 radical (unpaired) electrons. The molecule has 3 aliphatic heterocycles. The monoisotopic (exact) mass is 486 g/mol. The van der Waals surface area contributed by atoms with Crippen LogP contribution >= 0.6 is 11.8 Å². The molecule has 4 rings (SSSR count). The highest BCUT2D eigenvalue weighted by Gasteiger charge is 2.39. The molecule has 0 saturated carbocycles. The fourth-order valence-electron chi connectivity index (χ4n) is 5.14. The molecule has 7 nitrogen and oxygen atoms in total. The molecule has 3 aliphatic rings. The minimum atomic E-state index is -0.550. The molecule has 0 bridgehead atoms. The summed E-state index contributed by atoms with van der Waals surface area (Å²) in [5.41, 5.74) is 1.74. The van der Waals surface area contributed by atoms with Crippen LogP contribution in [0.25, 0.3) is 0 Å². The Morgan fingerprint density at radius 3 is 2.65 bits per heavy atom. The first-order valence-electron chi connectivity index (χ1n) is 13.0. The van der Waals surface area contributed by atoms with Gasteiger partial charge in [-0.05, 0) is 68.8 Å². The zero-order chi connectivity index (χ0) is 23.8. The van der Waals surface area contributed by atoms with Crippen molar-refractivity contribution in [2.75, 3.05) is 38.5 Å². The van der Waals surface area contributed by atoms with Crippen molar-refractivity contribution in [2.24, 2.45) is 0 Å². The van der Waals surface area contributed by atoms with Crippen molar-refractivity contribution < 1.29 is 14.4 Å². The third-order valence-corrected chi connectivity index (χ3v) is 8.28. The van der Waals surface area contributed by atoms with Gasteiger partial charge < -0.3 is 15.1 Å². The van der Waals surface area contributed by atoms with E-state index in [-0.39, 0.29) is 24.1 Å². The molecule has 3 amide bonds. The van der Waals surface area contributed by atoms with Gasteiger partial charge >= 0.3 is 0 Å². The molecule has 186 valence electrons. The van der Waals surface area contributed by atoms with E-state index in [2.05, 4.69) is 21.6 Å². The smallest absolute Gasteiger partial charge is 0.255 e. The number of nitrogens with zero attached hydrogens (tertiary/aromatic N) is 2. The topological polar surface area (TPSA) is 81.8 Å². The maximum atomic E-state index is 12.9. The predicted molar refractivity (Wildman–Crippen MR) is 135 cm³/mol. The summed E-state index contributed by atoms with van der Waals surface area (Å²) < 4.78 is 0. The minimum Gasteiger partial charge on any atom is -0.322 e. The van der Waals surface area contributed by atoms with Crippen LogP contribution in [-0.4, -0.2) is 72.0 Å². The molecule has 2 fully saturated rings. The Labute approximate surface area is 207 Å². The highest BCUT2D eigenvalue weighted by molar-refractivity contribution is 7.99. The van der Waals surface area contributed by atoms with Gasteiger partial charge in [-0.1, -0.05) is 31.7 Å². The number of benzene rings is 1. The van der Waals surface area contributed by atoms with E-state index >= 15 is 0 Å². The first-order chi connectivity index (χ1) is 16.6. The Balaban J connectivity index is 1.14. The molecule has 2 N–H and O–H groups in total. The first kappa shape index (κ1) is 25.2. The number of hydrogen-bond donors (Lipinski definition) is 2. The Kier molecular flexibility index (Phi) is 9.41. The second-order valence-electron chi connectivity index (χ2n) is 9.60. The number of hydrogen-bond acceptors (Lipinski definition) is 6. The Bertz CT molecular complexity index is 870. The molecule has 34 heavy (non-hydrogen) atoms. The predicted octanol–water partition coefficient (Wildman–Crippen LogP) is 3.18. The van der Waals surface area contributed by atoms with Gasteiger partial charge in [-0.15, -0.1) is 11.8 Å². The molecule has 1 unspecified atom stereocenters. The third kappa shape index (κ3) is 6.61. The van der Waals surface area contributed by atoms with Crippen molar-refractivity contribution >= 4 is 29.5 Å². The number of thioether (sulfide) groups is 1. The maximum absolute atomic E-state index is 12.9. The van der Waals surface area contributed by atoms with Crippen molar-refractivity contribution in [1.82, 2.24) is 20.4 Å². The summed E-state index contributed by atoms with van der Waals surface area (Å²) in [6.45, 7) is 6.42. The van der Waals surface area contributed by atoms with Gasteiger partial charge in [0.05, 0.1) is 0 Å². The molecular formula is C26H38N4O3S. The Morgan fingerprint density at radius 2 is 1.79 bits per heavy atom. The largest absolute Gasteiger partial charge is 0.322 e. The normalized spacial score (nSPS) is 21.5. The number of carbonyl (C=O) groups excluding carboxylic acids is 3. The van der Waals surface area contributed by atoms with E-state index < -0.39 is 6.04 Å². The number of nitrogens with one attached hydrogen (secondary N) is 2. The Hall–Kier alpha value is -1.90. The minimum absolute atomic E-state index is 0.0941. The van der Waals surface area contributed by atoms with Gasteiger partial charge in [-0.3, -0.25) is 19.7 Å². The lowest BCUT2D eigenvalue weighted by Gasteiger charge is -2.29. The summed E-state index contributed by atoms with van der Waals surface area (Å²) in [6, 6.07) is 5.33. The van der Waals surface area contributed by atoms with Gasteiger partial charge in [0, 0.05) is 36.5 Å². The van der Waals surface area contributed by atoms with Crippen molar-refractivity contribution in [2.45, 2.75) is 75.3 Å². The van der Waals surface area contributed by atoms with Crippen molar-refractivity contribution in [1.29, 1.82) is 0 Å². The summed E-state index contributed by atoms with van der Waals surface area (Å²) in [5.74, 6) is 0.346. The van der Waals surface area contributed by atoms with E-state index in [4.69, 9.17) is 0 Å². The van der Waals surface area contributed by atoms with Crippen LogP contribution in [0.15, 0.2) is 23.1 Å². The molecule has 0 aliphatic carbocycles. The SMILES string of the molecule is O=C1CCC(N2Cc3c(SCCCCCCCCN4CCCNCC4)cccc3C2=O)C(=O)N1. The fourth-order valence-corrected chi connectivity index (χ4v) is 6.24. The highest BCUT2D eigenvalue weighted by atomic mass is 32.2. The lowest BCUT2D eigenvalue weighted by Crippen LogP contribution is -2.52. The van der Waals surface area contributed by atoms with Crippen molar-refractivity contribution in [3.05, 3.63) is 29.3 Å². The number of imide groups is 1. The summed E-state index contributed by atoms with van der Waals surface area (Å²) in [5, 5.41) is 5.84. The second-order valence-corrected chi connectivity index (χ2v) is 10.7. The standard InChI is InChI=1S/C26H38N4O3S/c31-24-12-11-22(25(32)28-24)30-19-21-20(26(30)33)9-7-10-23(21)34-18-6-4-2-1-3-5-15-29-16-8-13-27-14-17-29/h7,9-10,22,27H,1-6,8,11-19H2,(H,28,31,32). The molecule has 3 heterocycles. The van der Waals surface area contributed by atoms with Crippen LogP contribution in [0.2, 0.25) is 0 Å². The number of unbranched alkanes of at least 4 members (excludes halogenated alkanes) is 5. The molecule has 1 aromatic carbocycles. The number of amides is 3.